The van der Waals surface area contributed by atoms with Gasteiger partial charge in [0.2, 0.25) is 11.8 Å². The highest BCUT2D eigenvalue weighted by atomic mass is 32.2. The number of hydrogen-bond donors (Lipinski definition) is 1. The first-order valence-electron chi connectivity index (χ1n) is 8.22. The quantitative estimate of drug-likeness (QED) is 0.877. The summed E-state index contributed by atoms with van der Waals surface area (Å²) in [6.07, 6.45) is 0.137. The Morgan fingerprint density at radius 1 is 1.32 bits per heavy atom. The molecule has 1 aromatic carbocycles. The van der Waals surface area contributed by atoms with E-state index in [0.717, 1.165) is 37.7 Å². The van der Waals surface area contributed by atoms with Gasteiger partial charge in [0.25, 0.3) is 0 Å². The SMILES string of the molecule is CN=C1SC(CC(=O)Nc2ccc(N3CCOCC3)cc2)C(=O)N1C. The monoisotopic (exact) mass is 362 g/mol. The summed E-state index contributed by atoms with van der Waals surface area (Å²) in [6.45, 7) is 3.23. The van der Waals surface area contributed by atoms with E-state index in [2.05, 4.69) is 15.2 Å². The summed E-state index contributed by atoms with van der Waals surface area (Å²) in [6, 6.07) is 7.76. The zero-order chi connectivity index (χ0) is 17.8. The minimum absolute atomic E-state index is 0.0802. The highest BCUT2D eigenvalue weighted by Crippen LogP contribution is 2.28. The molecule has 1 N–H and O–H groups in total. The Kier molecular flexibility index (Phi) is 5.60. The Morgan fingerprint density at radius 2 is 2.00 bits per heavy atom. The third-order valence-electron chi connectivity index (χ3n) is 4.23. The normalized spacial score (nSPS) is 22.6. The summed E-state index contributed by atoms with van der Waals surface area (Å²) < 4.78 is 5.35. The lowest BCUT2D eigenvalue weighted by atomic mass is 10.2. The zero-order valence-electron chi connectivity index (χ0n) is 14.4. The highest BCUT2D eigenvalue weighted by Gasteiger charge is 2.36. The Morgan fingerprint density at radius 3 is 2.60 bits per heavy atom. The molecule has 0 aliphatic carbocycles. The van der Waals surface area contributed by atoms with Gasteiger partial charge in [-0.05, 0) is 24.3 Å². The number of anilines is 2. The van der Waals surface area contributed by atoms with E-state index in [1.807, 2.05) is 24.3 Å². The summed E-state index contributed by atoms with van der Waals surface area (Å²) in [4.78, 5) is 32.2. The van der Waals surface area contributed by atoms with Gasteiger partial charge in [0.15, 0.2) is 5.17 Å². The third kappa shape index (κ3) is 4.13. The molecule has 0 bridgehead atoms. The largest absolute Gasteiger partial charge is 0.378 e. The molecular formula is C17H22N4O3S. The van der Waals surface area contributed by atoms with Crippen molar-refractivity contribution >= 4 is 40.1 Å². The van der Waals surface area contributed by atoms with Gasteiger partial charge in [0.1, 0.15) is 5.25 Å². The number of carbonyl (C=O) groups is 2. The molecule has 0 aromatic heterocycles. The van der Waals surface area contributed by atoms with E-state index in [1.54, 1.807) is 14.1 Å². The predicted octanol–water partition coefficient (Wildman–Crippen LogP) is 1.41. The molecule has 134 valence electrons. The lowest BCUT2D eigenvalue weighted by molar-refractivity contribution is -0.127. The van der Waals surface area contributed by atoms with Crippen LogP contribution in [0.25, 0.3) is 0 Å². The zero-order valence-corrected chi connectivity index (χ0v) is 15.2. The summed E-state index contributed by atoms with van der Waals surface area (Å²) in [5.41, 5.74) is 1.85. The van der Waals surface area contributed by atoms with Crippen molar-refractivity contribution in [3.8, 4) is 0 Å². The molecule has 0 spiro atoms. The molecule has 2 amide bonds. The van der Waals surface area contributed by atoms with Crippen LogP contribution in [0.1, 0.15) is 6.42 Å². The lowest BCUT2D eigenvalue weighted by Gasteiger charge is -2.28. The van der Waals surface area contributed by atoms with Gasteiger partial charge in [-0.3, -0.25) is 19.5 Å². The Balaban J connectivity index is 1.55. The number of benzene rings is 1. The Bertz CT molecular complexity index is 671. The van der Waals surface area contributed by atoms with Crippen LogP contribution in [0, 0.1) is 0 Å². The van der Waals surface area contributed by atoms with Gasteiger partial charge in [-0.2, -0.15) is 0 Å². The molecule has 2 aliphatic heterocycles. The number of thioether (sulfide) groups is 1. The number of amidine groups is 1. The number of ether oxygens (including phenoxy) is 1. The van der Waals surface area contributed by atoms with Crippen LogP contribution in [0.15, 0.2) is 29.3 Å². The maximum atomic E-state index is 12.2. The number of aliphatic imine (C=N–C) groups is 1. The minimum Gasteiger partial charge on any atom is -0.378 e. The fraction of sp³-hybridized carbons (Fsp3) is 0.471. The maximum absolute atomic E-state index is 12.2. The van der Waals surface area contributed by atoms with Crippen LogP contribution in [-0.2, 0) is 14.3 Å². The topological polar surface area (TPSA) is 74.2 Å². The van der Waals surface area contributed by atoms with Crippen molar-refractivity contribution in [1.82, 2.24) is 4.90 Å². The number of amides is 2. The fourth-order valence-electron chi connectivity index (χ4n) is 2.86. The van der Waals surface area contributed by atoms with Gasteiger partial charge >= 0.3 is 0 Å². The van der Waals surface area contributed by atoms with Crippen LogP contribution in [-0.4, -0.2) is 67.5 Å². The number of morpholine rings is 1. The Labute approximate surface area is 151 Å². The van der Waals surface area contributed by atoms with Crippen molar-refractivity contribution in [3.63, 3.8) is 0 Å². The molecule has 8 heteroatoms. The average molecular weight is 362 g/mol. The second kappa shape index (κ2) is 7.88. The molecule has 0 radical (unpaired) electrons. The highest BCUT2D eigenvalue weighted by molar-refractivity contribution is 8.15. The van der Waals surface area contributed by atoms with E-state index >= 15 is 0 Å². The third-order valence-corrected chi connectivity index (χ3v) is 5.55. The number of rotatable bonds is 4. The number of carbonyl (C=O) groups excluding carboxylic acids is 2. The number of hydrogen-bond acceptors (Lipinski definition) is 6. The van der Waals surface area contributed by atoms with Crippen molar-refractivity contribution in [1.29, 1.82) is 0 Å². The molecule has 2 heterocycles. The van der Waals surface area contributed by atoms with Crippen molar-refractivity contribution < 1.29 is 14.3 Å². The van der Waals surface area contributed by atoms with Crippen molar-refractivity contribution in [2.75, 3.05) is 50.6 Å². The first-order chi connectivity index (χ1) is 12.1. The molecule has 2 aliphatic rings. The van der Waals surface area contributed by atoms with E-state index in [-0.39, 0.29) is 18.2 Å². The van der Waals surface area contributed by atoms with Crippen LogP contribution in [0.4, 0.5) is 11.4 Å². The van der Waals surface area contributed by atoms with Gasteiger partial charge in [0.05, 0.1) is 13.2 Å². The van der Waals surface area contributed by atoms with Crippen molar-refractivity contribution in [3.05, 3.63) is 24.3 Å². The molecule has 1 unspecified atom stereocenters. The molecule has 0 saturated carbocycles. The average Bonchev–Trinajstić information content (AvgIpc) is 2.91. The first kappa shape index (κ1) is 17.8. The van der Waals surface area contributed by atoms with Gasteiger partial charge in [-0.15, -0.1) is 0 Å². The van der Waals surface area contributed by atoms with Gasteiger partial charge < -0.3 is 15.0 Å². The minimum atomic E-state index is -0.406. The molecule has 1 atom stereocenters. The molecule has 7 nitrogen and oxygen atoms in total. The molecule has 25 heavy (non-hydrogen) atoms. The van der Waals surface area contributed by atoms with Crippen molar-refractivity contribution in [2.45, 2.75) is 11.7 Å². The van der Waals surface area contributed by atoms with Gasteiger partial charge in [0, 0.05) is 45.0 Å². The van der Waals surface area contributed by atoms with Crippen LogP contribution in [0.5, 0.6) is 0 Å². The van der Waals surface area contributed by atoms with Crippen LogP contribution < -0.4 is 10.2 Å². The van der Waals surface area contributed by atoms with Crippen LogP contribution in [0.2, 0.25) is 0 Å². The molecule has 2 saturated heterocycles. The lowest BCUT2D eigenvalue weighted by Crippen LogP contribution is -2.36. The number of nitrogens with zero attached hydrogens (tertiary/aromatic N) is 3. The smallest absolute Gasteiger partial charge is 0.242 e. The van der Waals surface area contributed by atoms with E-state index < -0.39 is 5.25 Å². The van der Waals surface area contributed by atoms with Crippen molar-refractivity contribution in [2.24, 2.45) is 4.99 Å². The second-order valence-corrected chi connectivity index (χ2v) is 7.08. The van der Waals surface area contributed by atoms with E-state index in [4.69, 9.17) is 4.74 Å². The fourth-order valence-corrected chi connectivity index (χ4v) is 3.96. The van der Waals surface area contributed by atoms with Gasteiger partial charge in [-0.1, -0.05) is 11.8 Å². The Hall–Kier alpha value is -2.06. The van der Waals surface area contributed by atoms with E-state index in [0.29, 0.717) is 5.17 Å². The molecule has 2 fully saturated rings. The summed E-state index contributed by atoms with van der Waals surface area (Å²) in [5.74, 6) is -0.251. The maximum Gasteiger partial charge on any atom is 0.242 e. The molecule has 3 rings (SSSR count). The molecule has 1 aromatic rings. The number of nitrogens with one attached hydrogen (secondary N) is 1. The summed E-state index contributed by atoms with van der Waals surface area (Å²) in [7, 11) is 3.32. The van der Waals surface area contributed by atoms with Crippen LogP contribution in [0.3, 0.4) is 0 Å². The van der Waals surface area contributed by atoms with Gasteiger partial charge in [-0.25, -0.2) is 0 Å². The first-order valence-corrected chi connectivity index (χ1v) is 9.10. The standard InChI is InChI=1S/C17H22N4O3S/c1-18-17-20(2)16(23)14(25-17)11-15(22)19-12-3-5-13(6-4-12)21-7-9-24-10-8-21/h3-6,14H,7-11H2,1-2H3,(H,19,22). The van der Waals surface area contributed by atoms with E-state index in [1.165, 1.54) is 16.7 Å². The van der Waals surface area contributed by atoms with E-state index in [9.17, 15) is 9.59 Å². The summed E-state index contributed by atoms with van der Waals surface area (Å²) in [5, 5.41) is 3.11. The van der Waals surface area contributed by atoms with Crippen LogP contribution >= 0.6 is 11.8 Å². The predicted molar refractivity (Wildman–Crippen MR) is 100 cm³/mol. The second-order valence-electron chi connectivity index (χ2n) is 5.91. The molecular weight excluding hydrogens is 340 g/mol. The summed E-state index contributed by atoms with van der Waals surface area (Å²) >= 11 is 1.33.